The summed E-state index contributed by atoms with van der Waals surface area (Å²) in [6.07, 6.45) is 6.54. The average Bonchev–Trinajstić information content (AvgIpc) is 3.03. The summed E-state index contributed by atoms with van der Waals surface area (Å²) in [5.74, 6) is -0.117. The molecule has 0 aliphatic heterocycles. The fraction of sp³-hybridized carbons (Fsp3) is 0.278. The molecule has 0 fully saturated rings. The Morgan fingerprint density at radius 2 is 2.00 bits per heavy atom. The van der Waals surface area contributed by atoms with Gasteiger partial charge in [0, 0.05) is 18.3 Å². The van der Waals surface area contributed by atoms with Crippen LogP contribution in [0.2, 0.25) is 0 Å². The first kappa shape index (κ1) is 15.2. The molecule has 1 amide bonds. The van der Waals surface area contributed by atoms with Crippen molar-refractivity contribution >= 4 is 11.6 Å². The second-order valence-electron chi connectivity index (χ2n) is 5.45. The third kappa shape index (κ3) is 3.23. The lowest BCUT2D eigenvalue weighted by Gasteiger charge is -2.05. The van der Waals surface area contributed by atoms with Crippen LogP contribution in [-0.4, -0.2) is 27.0 Å². The number of nitrogens with one attached hydrogen (secondary N) is 1. The van der Waals surface area contributed by atoms with Crippen LogP contribution in [0, 0.1) is 0 Å². The van der Waals surface area contributed by atoms with Gasteiger partial charge >= 0.3 is 0 Å². The van der Waals surface area contributed by atoms with Crippen LogP contribution in [-0.2, 0) is 0 Å². The first-order valence-electron chi connectivity index (χ1n) is 7.97. The zero-order chi connectivity index (χ0) is 16.1. The highest BCUT2D eigenvalue weighted by Crippen LogP contribution is 2.20. The Bertz CT molecular complexity index is 795. The number of benzene rings is 1. The van der Waals surface area contributed by atoms with Crippen molar-refractivity contribution in [3.63, 3.8) is 0 Å². The van der Waals surface area contributed by atoms with E-state index in [9.17, 15) is 4.79 Å². The Morgan fingerprint density at radius 1 is 1.17 bits per heavy atom. The fourth-order valence-corrected chi connectivity index (χ4v) is 2.55. The number of hydrogen-bond donors (Lipinski definition) is 1. The molecule has 3 aromatic rings. The number of hydrogen-bond acceptors (Lipinski definition) is 3. The van der Waals surface area contributed by atoms with E-state index in [2.05, 4.69) is 22.3 Å². The van der Waals surface area contributed by atoms with E-state index in [0.29, 0.717) is 17.8 Å². The number of rotatable bonds is 6. The molecular weight excluding hydrogens is 288 g/mol. The molecule has 0 saturated heterocycles. The van der Waals surface area contributed by atoms with Gasteiger partial charge in [0.2, 0.25) is 0 Å². The first-order chi connectivity index (χ1) is 11.3. The van der Waals surface area contributed by atoms with Crippen molar-refractivity contribution < 1.29 is 4.79 Å². The lowest BCUT2D eigenvalue weighted by Crippen LogP contribution is -2.24. The van der Waals surface area contributed by atoms with Gasteiger partial charge in [-0.1, -0.05) is 50.1 Å². The number of amides is 1. The number of nitrogens with zero attached hydrogens (tertiary/aromatic N) is 3. The van der Waals surface area contributed by atoms with Gasteiger partial charge in [-0.15, -0.1) is 0 Å². The number of carbonyl (C=O) groups excluding carboxylic acids is 1. The minimum atomic E-state index is -0.117. The minimum Gasteiger partial charge on any atom is -0.352 e. The van der Waals surface area contributed by atoms with Crippen molar-refractivity contribution in [2.45, 2.75) is 26.2 Å². The van der Waals surface area contributed by atoms with Crippen LogP contribution in [0.25, 0.3) is 16.9 Å². The first-order valence-corrected chi connectivity index (χ1v) is 7.97. The number of fused-ring (bicyclic) bond motifs is 1. The van der Waals surface area contributed by atoms with E-state index in [0.717, 1.165) is 30.5 Å². The Balaban J connectivity index is 1.88. The third-order valence-corrected chi connectivity index (χ3v) is 3.78. The molecule has 1 aromatic carbocycles. The van der Waals surface area contributed by atoms with E-state index < -0.39 is 0 Å². The summed E-state index contributed by atoms with van der Waals surface area (Å²) in [6.45, 7) is 2.82. The minimum absolute atomic E-state index is 0.117. The zero-order valence-electron chi connectivity index (χ0n) is 13.2. The van der Waals surface area contributed by atoms with Crippen LogP contribution < -0.4 is 5.32 Å². The van der Waals surface area contributed by atoms with Gasteiger partial charge < -0.3 is 5.32 Å². The number of unbranched alkanes of at least 4 members (excludes halogenated alkanes) is 2. The molecule has 0 aliphatic rings. The van der Waals surface area contributed by atoms with Crippen LogP contribution in [0.3, 0.4) is 0 Å². The van der Waals surface area contributed by atoms with Crippen LogP contribution in [0.1, 0.15) is 36.5 Å². The van der Waals surface area contributed by atoms with Crippen molar-refractivity contribution in [2.75, 3.05) is 6.54 Å². The maximum absolute atomic E-state index is 12.3. The molecule has 1 N–H and O–H groups in total. The number of aromatic nitrogens is 3. The molecule has 0 bridgehead atoms. The summed E-state index contributed by atoms with van der Waals surface area (Å²) in [4.78, 5) is 16.7. The monoisotopic (exact) mass is 308 g/mol. The van der Waals surface area contributed by atoms with Gasteiger partial charge in [-0.05, 0) is 12.5 Å². The lowest BCUT2D eigenvalue weighted by atomic mass is 10.1. The standard InChI is InChI=1S/C18H20N4O/c1-2-3-7-11-20-18(23)15-13-21-22-16(10-12-19-17(15)22)14-8-5-4-6-9-14/h4-6,8-10,12-13H,2-3,7,11H2,1H3,(H,20,23). The molecule has 0 aliphatic carbocycles. The van der Waals surface area contributed by atoms with Crippen molar-refractivity contribution in [3.05, 3.63) is 54.4 Å². The van der Waals surface area contributed by atoms with Gasteiger partial charge in [0.05, 0.1) is 11.9 Å². The second-order valence-corrected chi connectivity index (χ2v) is 5.45. The molecule has 3 rings (SSSR count). The summed E-state index contributed by atoms with van der Waals surface area (Å²) in [5, 5.41) is 7.29. The summed E-state index contributed by atoms with van der Waals surface area (Å²) in [5.41, 5.74) is 3.05. The molecule has 0 spiro atoms. The van der Waals surface area contributed by atoms with Crippen LogP contribution in [0.4, 0.5) is 0 Å². The molecule has 2 aromatic heterocycles. The number of carbonyl (C=O) groups is 1. The molecule has 5 nitrogen and oxygen atoms in total. The fourth-order valence-electron chi connectivity index (χ4n) is 2.55. The highest BCUT2D eigenvalue weighted by atomic mass is 16.1. The van der Waals surface area contributed by atoms with E-state index in [1.807, 2.05) is 36.4 Å². The second kappa shape index (κ2) is 7.05. The van der Waals surface area contributed by atoms with E-state index in [4.69, 9.17) is 0 Å². The average molecular weight is 308 g/mol. The highest BCUT2D eigenvalue weighted by Gasteiger charge is 2.15. The molecule has 0 unspecified atom stereocenters. The van der Waals surface area contributed by atoms with Gasteiger partial charge in [0.15, 0.2) is 5.65 Å². The zero-order valence-corrected chi connectivity index (χ0v) is 13.2. The Hall–Kier alpha value is -2.69. The maximum atomic E-state index is 12.3. The summed E-state index contributed by atoms with van der Waals surface area (Å²) >= 11 is 0. The molecule has 2 heterocycles. The van der Waals surface area contributed by atoms with Gasteiger partial charge in [0.25, 0.3) is 5.91 Å². The summed E-state index contributed by atoms with van der Waals surface area (Å²) in [6, 6.07) is 11.9. The predicted molar refractivity (Wildman–Crippen MR) is 90.3 cm³/mol. The molecule has 0 atom stereocenters. The van der Waals surface area contributed by atoms with Crippen molar-refractivity contribution in [1.29, 1.82) is 0 Å². The topological polar surface area (TPSA) is 59.3 Å². The Morgan fingerprint density at radius 3 is 2.78 bits per heavy atom. The molecular formula is C18H20N4O. The molecule has 118 valence electrons. The van der Waals surface area contributed by atoms with E-state index in [1.165, 1.54) is 0 Å². The largest absolute Gasteiger partial charge is 0.352 e. The van der Waals surface area contributed by atoms with E-state index >= 15 is 0 Å². The van der Waals surface area contributed by atoms with Gasteiger partial charge in [-0.25, -0.2) is 9.50 Å². The van der Waals surface area contributed by atoms with E-state index in [-0.39, 0.29) is 5.91 Å². The quantitative estimate of drug-likeness (QED) is 0.711. The molecule has 0 saturated carbocycles. The lowest BCUT2D eigenvalue weighted by molar-refractivity contribution is 0.0954. The normalized spacial score (nSPS) is 10.8. The molecule has 5 heteroatoms. The SMILES string of the molecule is CCCCCNC(=O)c1cnn2c(-c3ccccc3)ccnc12. The van der Waals surface area contributed by atoms with Gasteiger partial charge in [-0.3, -0.25) is 4.79 Å². The van der Waals surface area contributed by atoms with Crippen molar-refractivity contribution in [3.8, 4) is 11.3 Å². The summed E-state index contributed by atoms with van der Waals surface area (Å²) < 4.78 is 1.72. The molecule has 23 heavy (non-hydrogen) atoms. The van der Waals surface area contributed by atoms with Crippen LogP contribution >= 0.6 is 0 Å². The van der Waals surface area contributed by atoms with Crippen molar-refractivity contribution in [1.82, 2.24) is 19.9 Å². The smallest absolute Gasteiger partial charge is 0.256 e. The Kier molecular flexibility index (Phi) is 4.66. The molecule has 0 radical (unpaired) electrons. The van der Waals surface area contributed by atoms with Crippen molar-refractivity contribution in [2.24, 2.45) is 0 Å². The van der Waals surface area contributed by atoms with Gasteiger partial charge in [0.1, 0.15) is 5.56 Å². The predicted octanol–water partition coefficient (Wildman–Crippen LogP) is 3.32. The highest BCUT2D eigenvalue weighted by molar-refractivity contribution is 5.99. The van der Waals surface area contributed by atoms with E-state index in [1.54, 1.807) is 16.9 Å². The van der Waals surface area contributed by atoms with Crippen LogP contribution in [0.5, 0.6) is 0 Å². The third-order valence-electron chi connectivity index (χ3n) is 3.78. The summed E-state index contributed by atoms with van der Waals surface area (Å²) in [7, 11) is 0. The maximum Gasteiger partial charge on any atom is 0.256 e. The van der Waals surface area contributed by atoms with Gasteiger partial charge in [-0.2, -0.15) is 5.10 Å². The van der Waals surface area contributed by atoms with Crippen LogP contribution in [0.15, 0.2) is 48.8 Å². The Labute approximate surface area is 135 Å².